The Kier molecular flexibility index (Phi) is 5.21. The molecule has 0 aliphatic rings. The van der Waals surface area contributed by atoms with Gasteiger partial charge in [0.1, 0.15) is 0 Å². The van der Waals surface area contributed by atoms with E-state index in [4.69, 9.17) is 0 Å². The van der Waals surface area contributed by atoms with Gasteiger partial charge in [-0.05, 0) is 37.2 Å². The number of hydrogen-bond donors (Lipinski definition) is 1. The van der Waals surface area contributed by atoms with Crippen LogP contribution in [0.15, 0.2) is 46.9 Å². The summed E-state index contributed by atoms with van der Waals surface area (Å²) in [5.74, 6) is 0. The average molecular weight is 333 g/mol. The first-order chi connectivity index (χ1) is 9.60. The summed E-state index contributed by atoms with van der Waals surface area (Å²) in [5.41, 5.74) is 5.14. The highest BCUT2D eigenvalue weighted by atomic mass is 79.9. The summed E-state index contributed by atoms with van der Waals surface area (Å²) < 4.78 is 1.15. The van der Waals surface area contributed by atoms with E-state index < -0.39 is 0 Å². The molecule has 0 heterocycles. The van der Waals surface area contributed by atoms with E-state index in [1.165, 1.54) is 22.4 Å². The van der Waals surface area contributed by atoms with Crippen LogP contribution in [0, 0.1) is 6.92 Å². The van der Waals surface area contributed by atoms with Crippen LogP contribution in [0.5, 0.6) is 0 Å². The van der Waals surface area contributed by atoms with Crippen molar-refractivity contribution >= 4 is 21.6 Å². The number of benzene rings is 2. The molecule has 106 valence electrons. The van der Waals surface area contributed by atoms with Gasteiger partial charge in [0.15, 0.2) is 0 Å². The molecular weight excluding hydrogens is 312 g/mol. The highest BCUT2D eigenvalue weighted by Crippen LogP contribution is 2.24. The largest absolute Gasteiger partial charge is 0.370 e. The van der Waals surface area contributed by atoms with Gasteiger partial charge < -0.3 is 10.2 Å². The first-order valence-corrected chi connectivity index (χ1v) is 7.59. The highest BCUT2D eigenvalue weighted by Gasteiger charge is 2.06. The molecule has 0 saturated heterocycles. The molecule has 2 rings (SSSR count). The lowest BCUT2D eigenvalue weighted by atomic mass is 10.1. The topological polar surface area (TPSA) is 15.3 Å². The fraction of sp³-hybridized carbons (Fsp3) is 0.294. The lowest BCUT2D eigenvalue weighted by molar-refractivity contribution is 0.813. The molecule has 2 nitrogen and oxygen atoms in total. The Hall–Kier alpha value is -1.32. The fourth-order valence-corrected chi connectivity index (χ4v) is 2.79. The van der Waals surface area contributed by atoms with E-state index in [0.29, 0.717) is 0 Å². The average Bonchev–Trinajstić information content (AvgIpc) is 2.41. The molecule has 0 aliphatic heterocycles. The van der Waals surface area contributed by atoms with Crippen molar-refractivity contribution in [1.29, 1.82) is 0 Å². The van der Waals surface area contributed by atoms with Crippen LogP contribution < -0.4 is 10.2 Å². The van der Waals surface area contributed by atoms with Crippen LogP contribution in [0.25, 0.3) is 0 Å². The molecule has 0 bridgehead atoms. The van der Waals surface area contributed by atoms with Crippen LogP contribution in [-0.2, 0) is 13.1 Å². The Labute approximate surface area is 129 Å². The third kappa shape index (κ3) is 3.84. The number of hydrogen-bond acceptors (Lipinski definition) is 2. The van der Waals surface area contributed by atoms with E-state index in [-0.39, 0.29) is 0 Å². The third-order valence-electron chi connectivity index (χ3n) is 3.35. The van der Waals surface area contributed by atoms with E-state index in [9.17, 15) is 0 Å². The first-order valence-electron chi connectivity index (χ1n) is 6.80. The Morgan fingerprint density at radius 1 is 1.15 bits per heavy atom. The van der Waals surface area contributed by atoms with Crippen LogP contribution in [0.2, 0.25) is 0 Å². The molecule has 0 aliphatic carbocycles. The van der Waals surface area contributed by atoms with Crippen LogP contribution in [0.3, 0.4) is 0 Å². The van der Waals surface area contributed by atoms with Crippen LogP contribution in [0.1, 0.15) is 16.7 Å². The van der Waals surface area contributed by atoms with Gasteiger partial charge in [0.2, 0.25) is 0 Å². The smallest absolute Gasteiger partial charge is 0.0426 e. The van der Waals surface area contributed by atoms with Crippen LogP contribution in [-0.4, -0.2) is 14.1 Å². The van der Waals surface area contributed by atoms with Gasteiger partial charge in [-0.2, -0.15) is 0 Å². The maximum Gasteiger partial charge on any atom is 0.0426 e. The van der Waals surface area contributed by atoms with Crippen molar-refractivity contribution in [1.82, 2.24) is 5.32 Å². The predicted octanol–water partition coefficient (Wildman–Crippen LogP) is 4.11. The number of halogens is 1. The van der Waals surface area contributed by atoms with Gasteiger partial charge in [0, 0.05) is 30.3 Å². The summed E-state index contributed by atoms with van der Waals surface area (Å²) in [5, 5.41) is 3.18. The minimum Gasteiger partial charge on any atom is -0.370 e. The van der Waals surface area contributed by atoms with Crippen molar-refractivity contribution in [3.63, 3.8) is 0 Å². The van der Waals surface area contributed by atoms with Gasteiger partial charge >= 0.3 is 0 Å². The van der Waals surface area contributed by atoms with E-state index in [0.717, 1.165) is 17.6 Å². The summed E-state index contributed by atoms with van der Waals surface area (Å²) >= 11 is 3.65. The van der Waals surface area contributed by atoms with E-state index >= 15 is 0 Å². The maximum absolute atomic E-state index is 3.65. The molecule has 1 N–H and O–H groups in total. The minimum absolute atomic E-state index is 0.877. The summed E-state index contributed by atoms with van der Waals surface area (Å²) in [7, 11) is 4.09. The quantitative estimate of drug-likeness (QED) is 0.886. The molecule has 20 heavy (non-hydrogen) atoms. The van der Waals surface area contributed by atoms with E-state index in [1.807, 2.05) is 7.05 Å². The van der Waals surface area contributed by atoms with Crippen molar-refractivity contribution in [2.45, 2.75) is 20.0 Å². The summed E-state index contributed by atoms with van der Waals surface area (Å²) in [6.07, 6.45) is 0. The highest BCUT2D eigenvalue weighted by molar-refractivity contribution is 9.10. The van der Waals surface area contributed by atoms with Crippen molar-refractivity contribution < 1.29 is 0 Å². The van der Waals surface area contributed by atoms with Gasteiger partial charge in [0.05, 0.1) is 0 Å². The number of anilines is 1. The molecule has 0 spiro atoms. The predicted molar refractivity (Wildman–Crippen MR) is 90.2 cm³/mol. The Balaban J connectivity index is 2.13. The van der Waals surface area contributed by atoms with Gasteiger partial charge in [-0.15, -0.1) is 0 Å². The molecule has 2 aromatic carbocycles. The molecule has 0 radical (unpaired) electrons. The second-order valence-corrected chi connectivity index (χ2v) is 6.01. The monoisotopic (exact) mass is 332 g/mol. The lowest BCUT2D eigenvalue weighted by Crippen LogP contribution is -2.16. The first kappa shape index (κ1) is 15.1. The molecule has 0 aromatic heterocycles. The zero-order chi connectivity index (χ0) is 14.5. The molecule has 0 amide bonds. The van der Waals surface area contributed by atoms with Gasteiger partial charge in [-0.3, -0.25) is 0 Å². The number of rotatable bonds is 5. The fourth-order valence-electron chi connectivity index (χ4n) is 2.28. The van der Waals surface area contributed by atoms with Gasteiger partial charge in [-0.1, -0.05) is 51.8 Å². The maximum atomic E-state index is 3.65. The number of nitrogens with zero attached hydrogens (tertiary/aromatic N) is 1. The minimum atomic E-state index is 0.877. The van der Waals surface area contributed by atoms with E-state index in [1.54, 1.807) is 0 Å². The number of aryl methyl sites for hydroxylation is 1. The third-order valence-corrected chi connectivity index (χ3v) is 4.09. The molecule has 0 fully saturated rings. The molecular formula is C17H21BrN2. The van der Waals surface area contributed by atoms with Crippen LogP contribution >= 0.6 is 15.9 Å². The van der Waals surface area contributed by atoms with Gasteiger partial charge in [0.25, 0.3) is 0 Å². The molecule has 0 atom stereocenters. The van der Waals surface area contributed by atoms with E-state index in [2.05, 4.69) is 82.6 Å². The summed E-state index contributed by atoms with van der Waals surface area (Å²) in [4.78, 5) is 2.27. The summed E-state index contributed by atoms with van der Waals surface area (Å²) in [6, 6.07) is 15.2. The molecule has 0 saturated carbocycles. The van der Waals surface area contributed by atoms with Crippen molar-refractivity contribution in [2.24, 2.45) is 0 Å². The molecule has 2 aromatic rings. The van der Waals surface area contributed by atoms with Crippen LogP contribution in [0.4, 0.5) is 5.69 Å². The molecule has 0 unspecified atom stereocenters. The normalized spacial score (nSPS) is 10.6. The number of nitrogens with one attached hydrogen (secondary N) is 1. The Bertz CT molecular complexity index is 581. The summed E-state index contributed by atoms with van der Waals surface area (Å²) in [6.45, 7) is 3.93. The zero-order valence-electron chi connectivity index (χ0n) is 12.3. The van der Waals surface area contributed by atoms with Gasteiger partial charge in [-0.25, -0.2) is 0 Å². The molecule has 3 heteroatoms. The SMILES string of the molecule is CNCc1ccc(N(C)Cc2cccc(C)c2)cc1Br. The standard InChI is InChI=1S/C17H21BrN2/c1-13-5-4-6-14(9-13)12-20(3)16-8-7-15(11-19-2)17(18)10-16/h4-10,19H,11-12H2,1-3H3. The van der Waals surface area contributed by atoms with Crippen molar-refractivity contribution in [2.75, 3.05) is 19.0 Å². The Morgan fingerprint density at radius 2 is 1.95 bits per heavy atom. The van der Waals surface area contributed by atoms with Crippen molar-refractivity contribution in [3.8, 4) is 0 Å². The zero-order valence-corrected chi connectivity index (χ0v) is 13.9. The second-order valence-electron chi connectivity index (χ2n) is 5.15. The van der Waals surface area contributed by atoms with Crippen molar-refractivity contribution in [3.05, 3.63) is 63.6 Å². The Morgan fingerprint density at radius 3 is 2.60 bits per heavy atom. The lowest BCUT2D eigenvalue weighted by Gasteiger charge is -2.20. The second kappa shape index (κ2) is 6.91.